The molecule has 0 aromatic heterocycles. The SMILES string of the molecule is CC(C)(C)OC(=O)CC[C@](C)(C#N)c1ccc(Br)cc1. The van der Waals surface area contributed by atoms with E-state index < -0.39 is 11.0 Å². The number of hydrogen-bond donors (Lipinski definition) is 0. The summed E-state index contributed by atoms with van der Waals surface area (Å²) in [5, 5.41) is 9.44. The maximum atomic E-state index is 11.8. The second-order valence-electron chi connectivity index (χ2n) is 6.04. The predicted octanol–water partition coefficient (Wildman–Crippen LogP) is 4.35. The van der Waals surface area contributed by atoms with E-state index in [2.05, 4.69) is 22.0 Å². The molecule has 0 radical (unpaired) electrons. The molecule has 108 valence electrons. The molecule has 4 heteroatoms. The van der Waals surface area contributed by atoms with Crippen LogP contribution in [0.15, 0.2) is 28.7 Å². The van der Waals surface area contributed by atoms with Crippen molar-refractivity contribution in [1.82, 2.24) is 0 Å². The van der Waals surface area contributed by atoms with Gasteiger partial charge < -0.3 is 4.74 Å². The third-order valence-corrected chi connectivity index (χ3v) is 3.51. The summed E-state index contributed by atoms with van der Waals surface area (Å²) >= 11 is 3.37. The van der Waals surface area contributed by atoms with Crippen LogP contribution in [0.5, 0.6) is 0 Å². The summed E-state index contributed by atoms with van der Waals surface area (Å²) in [6.07, 6.45) is 0.678. The first-order valence-corrected chi connectivity index (χ1v) is 7.35. The highest BCUT2D eigenvalue weighted by Crippen LogP contribution is 2.29. The number of carbonyl (C=O) groups is 1. The normalized spacial score (nSPS) is 14.2. The fraction of sp³-hybridized carbons (Fsp3) is 0.500. The van der Waals surface area contributed by atoms with E-state index in [0.717, 1.165) is 10.0 Å². The van der Waals surface area contributed by atoms with Crippen LogP contribution in [0, 0.1) is 11.3 Å². The van der Waals surface area contributed by atoms with Crippen molar-refractivity contribution in [2.75, 3.05) is 0 Å². The maximum absolute atomic E-state index is 11.8. The van der Waals surface area contributed by atoms with Crippen molar-refractivity contribution in [3.05, 3.63) is 34.3 Å². The van der Waals surface area contributed by atoms with E-state index in [4.69, 9.17) is 4.74 Å². The standard InChI is InChI=1S/C16H20BrNO2/c1-15(2,3)20-14(19)9-10-16(4,11-18)12-5-7-13(17)8-6-12/h5-8H,9-10H2,1-4H3/t16-/m1/s1. The van der Waals surface area contributed by atoms with E-state index in [1.807, 2.05) is 52.0 Å². The largest absolute Gasteiger partial charge is 0.460 e. The Bertz CT molecular complexity index is 511. The van der Waals surface area contributed by atoms with Crippen molar-refractivity contribution < 1.29 is 9.53 Å². The highest BCUT2D eigenvalue weighted by Gasteiger charge is 2.28. The maximum Gasteiger partial charge on any atom is 0.306 e. The van der Waals surface area contributed by atoms with Crippen molar-refractivity contribution in [1.29, 1.82) is 5.26 Å². The number of benzene rings is 1. The Balaban J connectivity index is 2.74. The molecule has 0 spiro atoms. The molecule has 1 rings (SSSR count). The van der Waals surface area contributed by atoms with Crippen molar-refractivity contribution in [2.24, 2.45) is 0 Å². The minimum atomic E-state index is -0.683. The summed E-state index contributed by atoms with van der Waals surface area (Å²) in [6, 6.07) is 9.92. The number of halogens is 1. The highest BCUT2D eigenvalue weighted by molar-refractivity contribution is 9.10. The lowest BCUT2D eigenvalue weighted by Gasteiger charge is -2.24. The van der Waals surface area contributed by atoms with Crippen molar-refractivity contribution >= 4 is 21.9 Å². The van der Waals surface area contributed by atoms with E-state index in [0.29, 0.717) is 6.42 Å². The summed E-state index contributed by atoms with van der Waals surface area (Å²) in [7, 11) is 0. The van der Waals surface area contributed by atoms with Gasteiger partial charge in [-0.05, 0) is 51.8 Å². The van der Waals surface area contributed by atoms with Crippen LogP contribution in [0.1, 0.15) is 46.1 Å². The number of esters is 1. The molecule has 0 aliphatic heterocycles. The fourth-order valence-corrected chi connectivity index (χ4v) is 2.09. The number of carbonyl (C=O) groups excluding carboxylic acids is 1. The molecule has 0 saturated carbocycles. The Morgan fingerprint density at radius 1 is 1.25 bits per heavy atom. The Morgan fingerprint density at radius 2 is 1.80 bits per heavy atom. The van der Waals surface area contributed by atoms with Crippen LogP contribution in [0.2, 0.25) is 0 Å². The molecule has 0 aliphatic carbocycles. The molecule has 20 heavy (non-hydrogen) atoms. The van der Waals surface area contributed by atoms with Gasteiger partial charge in [0.2, 0.25) is 0 Å². The minimum Gasteiger partial charge on any atom is -0.460 e. The lowest BCUT2D eigenvalue weighted by atomic mass is 9.80. The molecular weight excluding hydrogens is 318 g/mol. The summed E-state index contributed by atoms with van der Waals surface area (Å²) in [4.78, 5) is 11.8. The molecule has 0 bridgehead atoms. The highest BCUT2D eigenvalue weighted by atomic mass is 79.9. The monoisotopic (exact) mass is 337 g/mol. The second kappa shape index (κ2) is 6.41. The van der Waals surface area contributed by atoms with Crippen LogP contribution in [0.25, 0.3) is 0 Å². The number of rotatable bonds is 4. The third-order valence-electron chi connectivity index (χ3n) is 2.98. The molecule has 0 unspecified atom stereocenters. The van der Waals surface area contributed by atoms with Gasteiger partial charge in [0.25, 0.3) is 0 Å². The third kappa shape index (κ3) is 4.97. The van der Waals surface area contributed by atoms with E-state index >= 15 is 0 Å². The first-order valence-electron chi connectivity index (χ1n) is 6.55. The minimum absolute atomic E-state index is 0.234. The van der Waals surface area contributed by atoms with Gasteiger partial charge in [0.15, 0.2) is 0 Å². The van der Waals surface area contributed by atoms with Gasteiger partial charge in [0, 0.05) is 10.9 Å². The molecule has 3 nitrogen and oxygen atoms in total. The Morgan fingerprint density at radius 3 is 2.25 bits per heavy atom. The topological polar surface area (TPSA) is 50.1 Å². The molecule has 0 heterocycles. The zero-order chi connectivity index (χ0) is 15.4. The zero-order valence-electron chi connectivity index (χ0n) is 12.4. The summed E-state index contributed by atoms with van der Waals surface area (Å²) in [5.74, 6) is -0.268. The van der Waals surface area contributed by atoms with Gasteiger partial charge in [-0.3, -0.25) is 4.79 Å². The lowest BCUT2D eigenvalue weighted by molar-refractivity contribution is -0.155. The molecule has 1 aromatic rings. The molecule has 1 atom stereocenters. The van der Waals surface area contributed by atoms with E-state index in [9.17, 15) is 10.1 Å². The molecule has 0 saturated heterocycles. The Kier molecular flexibility index (Phi) is 5.35. The smallest absolute Gasteiger partial charge is 0.306 e. The predicted molar refractivity (Wildman–Crippen MR) is 82.2 cm³/mol. The number of nitrogens with zero attached hydrogens (tertiary/aromatic N) is 1. The molecule has 1 aromatic carbocycles. The van der Waals surface area contributed by atoms with Crippen LogP contribution in [-0.2, 0) is 14.9 Å². The molecule has 0 amide bonds. The van der Waals surface area contributed by atoms with Gasteiger partial charge in [-0.2, -0.15) is 5.26 Å². The van der Waals surface area contributed by atoms with Crippen LogP contribution >= 0.6 is 15.9 Å². The van der Waals surface area contributed by atoms with Gasteiger partial charge >= 0.3 is 5.97 Å². The molecule has 0 aliphatic rings. The molecule has 0 fully saturated rings. The van der Waals surface area contributed by atoms with Gasteiger partial charge in [-0.1, -0.05) is 28.1 Å². The molecule has 0 N–H and O–H groups in total. The van der Waals surface area contributed by atoms with Crippen molar-refractivity contribution in [2.45, 2.75) is 51.6 Å². The number of hydrogen-bond acceptors (Lipinski definition) is 3. The quantitative estimate of drug-likeness (QED) is 0.767. The summed E-state index contributed by atoms with van der Waals surface area (Å²) < 4.78 is 6.24. The summed E-state index contributed by atoms with van der Waals surface area (Å²) in [6.45, 7) is 7.36. The lowest BCUT2D eigenvalue weighted by Crippen LogP contribution is -2.26. The van der Waals surface area contributed by atoms with Crippen LogP contribution in [-0.4, -0.2) is 11.6 Å². The summed E-state index contributed by atoms with van der Waals surface area (Å²) in [5.41, 5.74) is -0.262. The average molecular weight is 338 g/mol. The first-order chi connectivity index (χ1) is 9.16. The average Bonchev–Trinajstić information content (AvgIpc) is 2.35. The van der Waals surface area contributed by atoms with Gasteiger partial charge in [0.1, 0.15) is 5.60 Å². The van der Waals surface area contributed by atoms with Crippen molar-refractivity contribution in [3.8, 4) is 6.07 Å². The van der Waals surface area contributed by atoms with E-state index in [1.165, 1.54) is 0 Å². The molecular formula is C16H20BrNO2. The van der Waals surface area contributed by atoms with Gasteiger partial charge in [0.05, 0.1) is 11.5 Å². The van der Waals surface area contributed by atoms with Gasteiger partial charge in [-0.25, -0.2) is 0 Å². The van der Waals surface area contributed by atoms with E-state index in [-0.39, 0.29) is 12.4 Å². The van der Waals surface area contributed by atoms with Crippen LogP contribution in [0.3, 0.4) is 0 Å². The number of nitriles is 1. The second-order valence-corrected chi connectivity index (χ2v) is 6.95. The first kappa shape index (κ1) is 16.7. The Hall–Kier alpha value is -1.34. The van der Waals surface area contributed by atoms with E-state index in [1.54, 1.807) is 0 Å². The van der Waals surface area contributed by atoms with Crippen LogP contribution in [0.4, 0.5) is 0 Å². The Labute approximate surface area is 129 Å². The van der Waals surface area contributed by atoms with Crippen LogP contribution < -0.4 is 0 Å². The fourth-order valence-electron chi connectivity index (χ4n) is 1.83. The number of ether oxygens (including phenoxy) is 1. The van der Waals surface area contributed by atoms with Gasteiger partial charge in [-0.15, -0.1) is 0 Å². The van der Waals surface area contributed by atoms with Crippen molar-refractivity contribution in [3.63, 3.8) is 0 Å². The zero-order valence-corrected chi connectivity index (χ0v) is 14.0.